The molecule has 0 bridgehead atoms. The van der Waals surface area contributed by atoms with E-state index in [0.29, 0.717) is 6.04 Å². The summed E-state index contributed by atoms with van der Waals surface area (Å²) in [4.78, 5) is 17.9. The van der Waals surface area contributed by atoms with E-state index in [-0.39, 0.29) is 6.61 Å². The van der Waals surface area contributed by atoms with Crippen molar-refractivity contribution >= 4 is 22.7 Å². The van der Waals surface area contributed by atoms with E-state index in [2.05, 4.69) is 28.4 Å². The normalized spacial score (nSPS) is 17.3. The number of likely N-dealkylation sites (N-methyl/N-ethyl adjacent to an activating group) is 1. The van der Waals surface area contributed by atoms with Crippen molar-refractivity contribution < 1.29 is 9.53 Å². The number of amides is 1. The number of carbonyl (C=O) groups excluding carboxylic acids is 1. The lowest BCUT2D eigenvalue weighted by molar-refractivity contribution is 0.155. The second kappa shape index (κ2) is 7.84. The zero-order valence-electron chi connectivity index (χ0n) is 15.6. The van der Waals surface area contributed by atoms with Crippen LogP contribution in [0, 0.1) is 0 Å². The number of nitrogens with one attached hydrogen (secondary N) is 2. The molecule has 2 aromatic carbocycles. The standard InChI is InChI=1S/C22H25N3O2/c1-25-11-5-8-19(25)12-17-14-23-21-10-9-18(13-20(17)21)24-22(26)27-15-16-6-3-2-4-7-16/h2-4,6-7,9-10,13-14,19,23H,5,8,11-12,15H2,1H3,(H,24,26). The second-order valence-electron chi connectivity index (χ2n) is 7.24. The van der Waals surface area contributed by atoms with Crippen molar-refractivity contribution in [2.45, 2.75) is 31.9 Å². The maximum atomic E-state index is 12.1. The van der Waals surface area contributed by atoms with Gasteiger partial charge < -0.3 is 14.6 Å². The summed E-state index contributed by atoms with van der Waals surface area (Å²) in [5.41, 5.74) is 4.11. The molecular formula is C22H25N3O2. The highest BCUT2D eigenvalue weighted by molar-refractivity contribution is 5.91. The number of carbonyl (C=O) groups is 1. The van der Waals surface area contributed by atoms with E-state index in [9.17, 15) is 4.79 Å². The third kappa shape index (κ3) is 4.14. The SMILES string of the molecule is CN1CCCC1Cc1c[nH]c2ccc(NC(=O)OCc3ccccc3)cc12. The number of hydrogen-bond acceptors (Lipinski definition) is 3. The monoisotopic (exact) mass is 363 g/mol. The lowest BCUT2D eigenvalue weighted by Gasteiger charge is -2.18. The minimum atomic E-state index is -0.439. The molecule has 3 aromatic rings. The van der Waals surface area contributed by atoms with Gasteiger partial charge in [0.05, 0.1) is 0 Å². The van der Waals surface area contributed by atoms with E-state index in [1.165, 1.54) is 24.9 Å². The Bertz CT molecular complexity index is 920. The Morgan fingerprint density at radius 1 is 1.26 bits per heavy atom. The molecular weight excluding hydrogens is 338 g/mol. The molecule has 27 heavy (non-hydrogen) atoms. The zero-order chi connectivity index (χ0) is 18.6. The number of H-pyrrole nitrogens is 1. The molecule has 0 radical (unpaired) electrons. The second-order valence-corrected chi connectivity index (χ2v) is 7.24. The number of nitrogens with zero attached hydrogens (tertiary/aromatic N) is 1. The summed E-state index contributed by atoms with van der Waals surface area (Å²) < 4.78 is 5.31. The van der Waals surface area contributed by atoms with Gasteiger partial charge in [0.2, 0.25) is 0 Å². The molecule has 0 aliphatic carbocycles. The van der Waals surface area contributed by atoms with Crippen molar-refractivity contribution in [3.05, 3.63) is 65.9 Å². The summed E-state index contributed by atoms with van der Waals surface area (Å²) in [7, 11) is 2.20. The molecule has 0 spiro atoms. The lowest BCUT2D eigenvalue weighted by Crippen LogP contribution is -2.26. The van der Waals surface area contributed by atoms with Gasteiger partial charge in [0.15, 0.2) is 0 Å². The van der Waals surface area contributed by atoms with Crippen LogP contribution in [0.3, 0.4) is 0 Å². The number of aromatic nitrogens is 1. The Morgan fingerprint density at radius 2 is 2.11 bits per heavy atom. The minimum Gasteiger partial charge on any atom is -0.444 e. The molecule has 5 heteroatoms. The highest BCUT2D eigenvalue weighted by Crippen LogP contribution is 2.27. The van der Waals surface area contributed by atoms with Gasteiger partial charge in [-0.05, 0) is 62.2 Å². The van der Waals surface area contributed by atoms with E-state index in [4.69, 9.17) is 4.74 Å². The number of aromatic amines is 1. The molecule has 1 aliphatic rings. The van der Waals surface area contributed by atoms with Gasteiger partial charge in [0, 0.05) is 28.8 Å². The van der Waals surface area contributed by atoms with Crippen LogP contribution in [0.15, 0.2) is 54.7 Å². The highest BCUT2D eigenvalue weighted by atomic mass is 16.5. The van der Waals surface area contributed by atoms with Crippen LogP contribution in [0.5, 0.6) is 0 Å². The van der Waals surface area contributed by atoms with Gasteiger partial charge in [-0.3, -0.25) is 5.32 Å². The Morgan fingerprint density at radius 3 is 2.89 bits per heavy atom. The molecule has 2 heterocycles. The summed E-state index contributed by atoms with van der Waals surface area (Å²) in [6.45, 7) is 1.44. The van der Waals surface area contributed by atoms with Gasteiger partial charge in [-0.15, -0.1) is 0 Å². The molecule has 1 fully saturated rings. The van der Waals surface area contributed by atoms with Crippen molar-refractivity contribution in [1.82, 2.24) is 9.88 Å². The van der Waals surface area contributed by atoms with Crippen LogP contribution >= 0.6 is 0 Å². The molecule has 1 unspecified atom stereocenters. The Kier molecular flexibility index (Phi) is 5.12. The van der Waals surface area contributed by atoms with E-state index in [1.807, 2.05) is 48.5 Å². The van der Waals surface area contributed by atoms with E-state index >= 15 is 0 Å². The zero-order valence-corrected chi connectivity index (χ0v) is 15.6. The molecule has 4 rings (SSSR count). The van der Waals surface area contributed by atoms with E-state index in [1.54, 1.807) is 0 Å². The third-order valence-corrected chi connectivity index (χ3v) is 5.35. The van der Waals surface area contributed by atoms with Crippen LogP contribution < -0.4 is 5.32 Å². The topological polar surface area (TPSA) is 57.4 Å². The molecule has 1 aromatic heterocycles. The van der Waals surface area contributed by atoms with Gasteiger partial charge in [0.1, 0.15) is 6.61 Å². The maximum absolute atomic E-state index is 12.1. The van der Waals surface area contributed by atoms with Crippen molar-refractivity contribution in [2.75, 3.05) is 18.9 Å². The number of fused-ring (bicyclic) bond motifs is 1. The van der Waals surface area contributed by atoms with E-state index < -0.39 is 6.09 Å². The smallest absolute Gasteiger partial charge is 0.411 e. The van der Waals surface area contributed by atoms with Gasteiger partial charge in [-0.1, -0.05) is 30.3 Å². The number of ether oxygens (including phenoxy) is 1. The first-order chi connectivity index (χ1) is 13.2. The molecule has 1 atom stereocenters. The number of benzene rings is 2. The summed E-state index contributed by atoms with van der Waals surface area (Å²) in [6, 6.07) is 16.2. The van der Waals surface area contributed by atoms with Crippen molar-refractivity contribution in [3.63, 3.8) is 0 Å². The highest BCUT2D eigenvalue weighted by Gasteiger charge is 2.22. The number of likely N-dealkylation sites (tertiary alicyclic amines) is 1. The Hall–Kier alpha value is -2.79. The minimum absolute atomic E-state index is 0.262. The predicted octanol–water partition coefficient (Wildman–Crippen LogP) is 4.55. The van der Waals surface area contributed by atoms with Crippen molar-refractivity contribution in [3.8, 4) is 0 Å². The van der Waals surface area contributed by atoms with Crippen molar-refractivity contribution in [1.29, 1.82) is 0 Å². The predicted molar refractivity (Wildman–Crippen MR) is 108 cm³/mol. The number of rotatable bonds is 5. The van der Waals surface area contributed by atoms with Gasteiger partial charge in [0.25, 0.3) is 0 Å². The summed E-state index contributed by atoms with van der Waals surface area (Å²) in [5, 5.41) is 4.00. The molecule has 2 N–H and O–H groups in total. The first kappa shape index (κ1) is 17.6. The Labute approximate surface area is 159 Å². The van der Waals surface area contributed by atoms with Gasteiger partial charge in [-0.25, -0.2) is 4.79 Å². The van der Waals surface area contributed by atoms with Gasteiger partial charge in [-0.2, -0.15) is 0 Å². The van der Waals surface area contributed by atoms with Crippen LogP contribution in [0.1, 0.15) is 24.0 Å². The fourth-order valence-corrected chi connectivity index (χ4v) is 3.79. The molecule has 1 aliphatic heterocycles. The van der Waals surface area contributed by atoms with Crippen LogP contribution in [-0.2, 0) is 17.8 Å². The lowest BCUT2D eigenvalue weighted by atomic mass is 10.0. The van der Waals surface area contributed by atoms with Crippen LogP contribution in [0.25, 0.3) is 10.9 Å². The first-order valence-electron chi connectivity index (χ1n) is 9.47. The molecule has 0 saturated carbocycles. The average Bonchev–Trinajstić information content (AvgIpc) is 3.27. The average molecular weight is 363 g/mol. The third-order valence-electron chi connectivity index (χ3n) is 5.35. The summed E-state index contributed by atoms with van der Waals surface area (Å²) >= 11 is 0. The number of anilines is 1. The molecule has 1 amide bonds. The fourth-order valence-electron chi connectivity index (χ4n) is 3.79. The van der Waals surface area contributed by atoms with Crippen molar-refractivity contribution in [2.24, 2.45) is 0 Å². The van der Waals surface area contributed by atoms with Crippen LogP contribution in [0.4, 0.5) is 10.5 Å². The molecule has 1 saturated heterocycles. The van der Waals surface area contributed by atoms with Gasteiger partial charge >= 0.3 is 6.09 Å². The van der Waals surface area contributed by atoms with Crippen LogP contribution in [0.2, 0.25) is 0 Å². The number of hydrogen-bond donors (Lipinski definition) is 2. The summed E-state index contributed by atoms with van der Waals surface area (Å²) in [5.74, 6) is 0. The van der Waals surface area contributed by atoms with Crippen LogP contribution in [-0.4, -0.2) is 35.6 Å². The quantitative estimate of drug-likeness (QED) is 0.699. The van der Waals surface area contributed by atoms with E-state index in [0.717, 1.165) is 28.6 Å². The molecule has 5 nitrogen and oxygen atoms in total. The largest absolute Gasteiger partial charge is 0.444 e. The maximum Gasteiger partial charge on any atom is 0.411 e. The Balaban J connectivity index is 1.43. The summed E-state index contributed by atoms with van der Waals surface area (Å²) in [6.07, 6.45) is 5.19. The molecule has 140 valence electrons. The first-order valence-corrected chi connectivity index (χ1v) is 9.47. The fraction of sp³-hybridized carbons (Fsp3) is 0.318.